The molecule has 1 fully saturated rings. The number of fused-ring (bicyclic) bond motifs is 1. The largest absolute Gasteiger partial charge is 0.384 e. The minimum atomic E-state index is 0.538. The fourth-order valence-electron chi connectivity index (χ4n) is 2.88. The third-order valence-corrected chi connectivity index (χ3v) is 3.97. The summed E-state index contributed by atoms with van der Waals surface area (Å²) in [6.07, 6.45) is 1.74. The lowest BCUT2D eigenvalue weighted by Gasteiger charge is -2.30. The summed E-state index contributed by atoms with van der Waals surface area (Å²) in [5.41, 5.74) is 10.1. The van der Waals surface area contributed by atoms with Crippen molar-refractivity contribution < 1.29 is 4.74 Å². The van der Waals surface area contributed by atoms with Crippen LogP contribution < -0.4 is 10.6 Å². The van der Waals surface area contributed by atoms with Gasteiger partial charge in [0.05, 0.1) is 24.4 Å². The standard InChI is InChI=1S/C16H17N5O/c17-16-10-15(21-5-7-22-8-6-21)12-2-1-11(9-14(12)19-16)13-3-4-18-20-13/h1-4,9-10H,5-8H2,(H2,17,19)(H,18,20). The summed E-state index contributed by atoms with van der Waals surface area (Å²) in [4.78, 5) is 6.79. The van der Waals surface area contributed by atoms with Gasteiger partial charge in [-0.15, -0.1) is 0 Å². The molecule has 0 amide bonds. The van der Waals surface area contributed by atoms with Gasteiger partial charge in [0.25, 0.3) is 0 Å². The summed E-state index contributed by atoms with van der Waals surface area (Å²) < 4.78 is 5.43. The molecule has 1 aliphatic heterocycles. The lowest BCUT2D eigenvalue weighted by atomic mass is 10.1. The van der Waals surface area contributed by atoms with Crippen LogP contribution in [0, 0.1) is 0 Å². The SMILES string of the molecule is Nc1cc(N2CCOCC2)c2ccc(-c3ccn[nH]3)cc2n1. The zero-order valence-corrected chi connectivity index (χ0v) is 12.1. The molecule has 1 aromatic carbocycles. The molecule has 3 heterocycles. The highest BCUT2D eigenvalue weighted by Crippen LogP contribution is 2.31. The number of hydrogen-bond donors (Lipinski definition) is 2. The first-order chi connectivity index (χ1) is 10.8. The first-order valence-corrected chi connectivity index (χ1v) is 7.34. The zero-order chi connectivity index (χ0) is 14.9. The third kappa shape index (κ3) is 2.27. The lowest BCUT2D eigenvalue weighted by molar-refractivity contribution is 0.123. The van der Waals surface area contributed by atoms with E-state index in [2.05, 4.69) is 32.2 Å². The molecule has 1 saturated heterocycles. The van der Waals surface area contributed by atoms with Gasteiger partial charge in [-0.05, 0) is 12.1 Å². The molecule has 1 aliphatic rings. The Hall–Kier alpha value is -2.60. The van der Waals surface area contributed by atoms with E-state index in [0.29, 0.717) is 5.82 Å². The van der Waals surface area contributed by atoms with Gasteiger partial charge < -0.3 is 15.4 Å². The topological polar surface area (TPSA) is 80.1 Å². The van der Waals surface area contributed by atoms with Gasteiger partial charge in [0.2, 0.25) is 0 Å². The highest BCUT2D eigenvalue weighted by molar-refractivity contribution is 5.95. The van der Waals surface area contributed by atoms with E-state index in [1.54, 1.807) is 6.20 Å². The number of rotatable bonds is 2. The van der Waals surface area contributed by atoms with Crippen LogP contribution in [-0.4, -0.2) is 41.5 Å². The molecule has 0 radical (unpaired) electrons. The summed E-state index contributed by atoms with van der Waals surface area (Å²) >= 11 is 0. The maximum absolute atomic E-state index is 6.01. The smallest absolute Gasteiger partial charge is 0.126 e. The number of H-pyrrole nitrogens is 1. The molecule has 0 bridgehead atoms. The average molecular weight is 295 g/mol. The number of ether oxygens (including phenoxy) is 1. The average Bonchev–Trinajstić information content (AvgIpc) is 3.09. The Labute approximate surface area is 127 Å². The number of nitrogens with zero attached hydrogens (tertiary/aromatic N) is 3. The number of aromatic amines is 1. The van der Waals surface area contributed by atoms with Crippen LogP contribution >= 0.6 is 0 Å². The van der Waals surface area contributed by atoms with Crippen LogP contribution in [0.4, 0.5) is 11.5 Å². The predicted octanol–water partition coefficient (Wildman–Crippen LogP) is 2.04. The molecule has 3 N–H and O–H groups in total. The van der Waals surface area contributed by atoms with E-state index < -0.39 is 0 Å². The molecule has 2 aromatic heterocycles. The van der Waals surface area contributed by atoms with Crippen molar-refractivity contribution in [3.05, 3.63) is 36.5 Å². The van der Waals surface area contributed by atoms with Gasteiger partial charge in [-0.25, -0.2) is 4.98 Å². The van der Waals surface area contributed by atoms with Gasteiger partial charge in [-0.2, -0.15) is 5.10 Å². The van der Waals surface area contributed by atoms with E-state index in [1.165, 1.54) is 0 Å². The summed E-state index contributed by atoms with van der Waals surface area (Å²) in [5.74, 6) is 0.538. The van der Waals surface area contributed by atoms with Crippen LogP contribution in [0.2, 0.25) is 0 Å². The van der Waals surface area contributed by atoms with Gasteiger partial charge in [0.1, 0.15) is 5.82 Å². The Morgan fingerprint density at radius 1 is 1.14 bits per heavy atom. The number of nitrogen functional groups attached to an aromatic ring is 1. The number of aromatic nitrogens is 3. The molecule has 112 valence electrons. The number of pyridine rings is 1. The molecular formula is C16H17N5O. The van der Waals surface area contributed by atoms with Crippen molar-refractivity contribution in [3.63, 3.8) is 0 Å². The van der Waals surface area contributed by atoms with Crippen molar-refractivity contribution in [1.82, 2.24) is 15.2 Å². The summed E-state index contributed by atoms with van der Waals surface area (Å²) in [5, 5.41) is 8.08. The van der Waals surface area contributed by atoms with Crippen molar-refractivity contribution in [2.45, 2.75) is 0 Å². The molecule has 0 aliphatic carbocycles. The number of benzene rings is 1. The van der Waals surface area contributed by atoms with Crippen molar-refractivity contribution in [2.75, 3.05) is 36.9 Å². The second-order valence-electron chi connectivity index (χ2n) is 5.37. The van der Waals surface area contributed by atoms with Gasteiger partial charge in [-0.3, -0.25) is 5.10 Å². The summed E-state index contributed by atoms with van der Waals surface area (Å²) in [6.45, 7) is 3.24. The quantitative estimate of drug-likeness (QED) is 0.756. The van der Waals surface area contributed by atoms with E-state index in [4.69, 9.17) is 10.5 Å². The molecule has 3 aromatic rings. The second kappa shape index (κ2) is 5.31. The first-order valence-electron chi connectivity index (χ1n) is 7.34. The summed E-state index contributed by atoms with van der Waals surface area (Å²) in [7, 11) is 0. The third-order valence-electron chi connectivity index (χ3n) is 3.97. The van der Waals surface area contributed by atoms with E-state index >= 15 is 0 Å². The van der Waals surface area contributed by atoms with E-state index in [0.717, 1.165) is 54.2 Å². The molecule has 0 atom stereocenters. The fourth-order valence-corrected chi connectivity index (χ4v) is 2.88. The van der Waals surface area contributed by atoms with Gasteiger partial charge in [0.15, 0.2) is 0 Å². The van der Waals surface area contributed by atoms with Crippen LogP contribution in [0.25, 0.3) is 22.2 Å². The molecule has 0 saturated carbocycles. The minimum absolute atomic E-state index is 0.538. The van der Waals surface area contributed by atoms with Gasteiger partial charge >= 0.3 is 0 Å². The van der Waals surface area contributed by atoms with Crippen LogP contribution in [-0.2, 0) is 4.74 Å². The highest BCUT2D eigenvalue weighted by Gasteiger charge is 2.15. The molecule has 4 rings (SSSR count). The monoisotopic (exact) mass is 295 g/mol. The van der Waals surface area contributed by atoms with Gasteiger partial charge in [-0.1, -0.05) is 12.1 Å². The van der Waals surface area contributed by atoms with Crippen molar-refractivity contribution in [1.29, 1.82) is 0 Å². The van der Waals surface area contributed by atoms with E-state index in [-0.39, 0.29) is 0 Å². The van der Waals surface area contributed by atoms with Crippen molar-refractivity contribution >= 4 is 22.4 Å². The van der Waals surface area contributed by atoms with Crippen LogP contribution in [0.1, 0.15) is 0 Å². The maximum Gasteiger partial charge on any atom is 0.126 e. The molecule has 0 spiro atoms. The maximum atomic E-state index is 6.01. The number of nitrogens with one attached hydrogen (secondary N) is 1. The first kappa shape index (κ1) is 13.1. The Kier molecular flexibility index (Phi) is 3.16. The number of nitrogens with two attached hydrogens (primary N) is 1. The fraction of sp³-hybridized carbons (Fsp3) is 0.250. The Morgan fingerprint density at radius 2 is 2.00 bits per heavy atom. The minimum Gasteiger partial charge on any atom is -0.384 e. The lowest BCUT2D eigenvalue weighted by Crippen LogP contribution is -2.36. The molecule has 0 unspecified atom stereocenters. The zero-order valence-electron chi connectivity index (χ0n) is 12.1. The molecule has 22 heavy (non-hydrogen) atoms. The Bertz CT molecular complexity index is 794. The van der Waals surface area contributed by atoms with E-state index in [9.17, 15) is 0 Å². The second-order valence-corrected chi connectivity index (χ2v) is 5.37. The normalized spacial score (nSPS) is 15.4. The predicted molar refractivity (Wildman–Crippen MR) is 86.8 cm³/mol. The highest BCUT2D eigenvalue weighted by atomic mass is 16.5. The van der Waals surface area contributed by atoms with Crippen LogP contribution in [0.15, 0.2) is 36.5 Å². The van der Waals surface area contributed by atoms with Crippen molar-refractivity contribution in [3.8, 4) is 11.3 Å². The van der Waals surface area contributed by atoms with E-state index in [1.807, 2.05) is 18.2 Å². The summed E-state index contributed by atoms with van der Waals surface area (Å²) in [6, 6.07) is 10.1. The van der Waals surface area contributed by atoms with Crippen LogP contribution in [0.3, 0.4) is 0 Å². The Balaban J connectivity index is 1.84. The van der Waals surface area contributed by atoms with Gasteiger partial charge in [0, 0.05) is 42.0 Å². The molecule has 6 heteroatoms. The number of anilines is 2. The van der Waals surface area contributed by atoms with Crippen molar-refractivity contribution in [2.24, 2.45) is 0 Å². The molecule has 6 nitrogen and oxygen atoms in total. The number of hydrogen-bond acceptors (Lipinski definition) is 5. The molecular weight excluding hydrogens is 278 g/mol. The Morgan fingerprint density at radius 3 is 2.77 bits per heavy atom. The number of morpholine rings is 1. The van der Waals surface area contributed by atoms with Crippen LogP contribution in [0.5, 0.6) is 0 Å².